The Balaban J connectivity index is 1.76. The monoisotopic (exact) mass is 563 g/mol. The quantitative estimate of drug-likeness (QED) is 0.294. The zero-order valence-corrected chi connectivity index (χ0v) is 18.6. The maximum absolute atomic E-state index is 12.2. The van der Waals surface area contributed by atoms with Gasteiger partial charge in [0.1, 0.15) is 11.5 Å². The van der Waals surface area contributed by atoms with Crippen LogP contribution >= 0.6 is 50.7 Å². The Hall–Kier alpha value is -1.92. The number of methoxy groups -OCH3 is 1. The van der Waals surface area contributed by atoms with Crippen LogP contribution in [0.4, 0.5) is 0 Å². The molecule has 2 aromatic rings. The molecule has 0 heterocycles. The van der Waals surface area contributed by atoms with E-state index in [1.807, 2.05) is 0 Å². The third-order valence-corrected chi connectivity index (χ3v) is 4.72. The van der Waals surface area contributed by atoms with E-state index >= 15 is 0 Å². The number of hydrogen-bond donors (Lipinski definition) is 3. The van der Waals surface area contributed by atoms with Crippen LogP contribution in [0.3, 0.4) is 0 Å². The van der Waals surface area contributed by atoms with E-state index in [2.05, 4.69) is 54.7 Å². The molecular formula is C17H15BrIN3O4S. The van der Waals surface area contributed by atoms with Crippen LogP contribution in [0.5, 0.6) is 11.5 Å². The molecule has 0 aliphatic heterocycles. The van der Waals surface area contributed by atoms with Crippen molar-refractivity contribution in [1.29, 1.82) is 0 Å². The lowest BCUT2D eigenvalue weighted by molar-refractivity contribution is -0.123. The molecule has 2 aromatic carbocycles. The van der Waals surface area contributed by atoms with Crippen LogP contribution in [0, 0.1) is 3.57 Å². The zero-order chi connectivity index (χ0) is 19.8. The van der Waals surface area contributed by atoms with Crippen molar-refractivity contribution >= 4 is 67.7 Å². The molecular weight excluding hydrogens is 549 g/mol. The predicted molar refractivity (Wildman–Crippen MR) is 117 cm³/mol. The summed E-state index contributed by atoms with van der Waals surface area (Å²) in [5.41, 5.74) is 5.21. The number of benzene rings is 2. The number of nitrogens with one attached hydrogen (secondary N) is 3. The van der Waals surface area contributed by atoms with Gasteiger partial charge in [-0.05, 0) is 77.3 Å². The molecule has 0 saturated heterocycles. The van der Waals surface area contributed by atoms with Crippen LogP contribution < -0.4 is 25.6 Å². The summed E-state index contributed by atoms with van der Waals surface area (Å²) in [5.74, 6) is 0.367. The number of carbonyl (C=O) groups is 2. The highest BCUT2D eigenvalue weighted by Crippen LogP contribution is 2.21. The van der Waals surface area contributed by atoms with Gasteiger partial charge in [-0.1, -0.05) is 15.9 Å². The molecule has 0 unspecified atom stereocenters. The first kappa shape index (κ1) is 21.4. The molecule has 0 bridgehead atoms. The van der Waals surface area contributed by atoms with Crippen molar-refractivity contribution in [3.63, 3.8) is 0 Å². The molecule has 7 nitrogen and oxygen atoms in total. The molecule has 3 N–H and O–H groups in total. The van der Waals surface area contributed by atoms with Crippen LogP contribution in [-0.4, -0.2) is 30.6 Å². The van der Waals surface area contributed by atoms with Crippen molar-refractivity contribution in [2.45, 2.75) is 0 Å². The fraction of sp³-hybridized carbons (Fsp3) is 0.118. The van der Waals surface area contributed by atoms with Gasteiger partial charge >= 0.3 is 0 Å². The Labute approximate surface area is 183 Å². The molecule has 2 amide bonds. The molecule has 0 radical (unpaired) electrons. The molecule has 0 saturated carbocycles. The molecule has 0 aromatic heterocycles. The van der Waals surface area contributed by atoms with Crippen molar-refractivity contribution in [3.8, 4) is 11.5 Å². The summed E-state index contributed by atoms with van der Waals surface area (Å²) < 4.78 is 12.2. The Morgan fingerprint density at radius 1 is 1.15 bits per heavy atom. The molecule has 0 atom stereocenters. The van der Waals surface area contributed by atoms with E-state index in [4.69, 9.17) is 21.7 Å². The molecule has 2 rings (SSSR count). The van der Waals surface area contributed by atoms with Gasteiger partial charge in [-0.15, -0.1) is 0 Å². The first-order valence-corrected chi connectivity index (χ1v) is 9.79. The minimum Gasteiger partial charge on any atom is -0.496 e. The van der Waals surface area contributed by atoms with Gasteiger partial charge < -0.3 is 9.47 Å². The maximum Gasteiger partial charge on any atom is 0.276 e. The number of rotatable bonds is 5. The summed E-state index contributed by atoms with van der Waals surface area (Å²) in [6.07, 6.45) is 0. The number of halogens is 2. The average molecular weight is 564 g/mol. The Morgan fingerprint density at radius 2 is 1.85 bits per heavy atom. The molecule has 142 valence electrons. The van der Waals surface area contributed by atoms with Gasteiger partial charge in [-0.25, -0.2) is 0 Å². The predicted octanol–water partition coefficient (Wildman–Crippen LogP) is 2.78. The lowest BCUT2D eigenvalue weighted by Gasteiger charge is -2.12. The summed E-state index contributed by atoms with van der Waals surface area (Å²) >= 11 is 10.4. The van der Waals surface area contributed by atoms with E-state index in [9.17, 15) is 9.59 Å². The molecule has 0 aliphatic rings. The summed E-state index contributed by atoms with van der Waals surface area (Å²) in [7, 11) is 1.55. The fourth-order valence-electron chi connectivity index (χ4n) is 1.86. The van der Waals surface area contributed by atoms with Gasteiger partial charge in [0.25, 0.3) is 11.8 Å². The third kappa shape index (κ3) is 6.96. The van der Waals surface area contributed by atoms with Crippen molar-refractivity contribution in [2.24, 2.45) is 0 Å². The average Bonchev–Trinajstić information content (AvgIpc) is 2.65. The second-order valence-electron chi connectivity index (χ2n) is 5.05. The van der Waals surface area contributed by atoms with Crippen LogP contribution in [0.1, 0.15) is 10.4 Å². The van der Waals surface area contributed by atoms with E-state index in [1.54, 1.807) is 49.6 Å². The van der Waals surface area contributed by atoms with Crippen molar-refractivity contribution < 1.29 is 19.1 Å². The summed E-state index contributed by atoms with van der Waals surface area (Å²) in [5, 5.41) is 2.43. The molecule has 0 spiro atoms. The van der Waals surface area contributed by atoms with Gasteiger partial charge in [-0.3, -0.25) is 25.8 Å². The molecule has 10 heteroatoms. The highest BCUT2D eigenvalue weighted by atomic mass is 127. The van der Waals surface area contributed by atoms with Crippen molar-refractivity contribution in [1.82, 2.24) is 16.2 Å². The summed E-state index contributed by atoms with van der Waals surface area (Å²) in [6.45, 7) is -0.206. The Bertz CT molecular complexity index is 849. The Kier molecular flexibility index (Phi) is 8.25. The SMILES string of the molecule is COc1ccc(C(=O)NC(=S)NNC(=O)COc2ccc(Br)cc2)cc1I. The zero-order valence-electron chi connectivity index (χ0n) is 14.0. The van der Waals surface area contributed by atoms with E-state index in [0.29, 0.717) is 17.1 Å². The minimum absolute atomic E-state index is 0.0391. The van der Waals surface area contributed by atoms with E-state index in [0.717, 1.165) is 8.04 Å². The summed E-state index contributed by atoms with van der Waals surface area (Å²) in [4.78, 5) is 23.9. The van der Waals surface area contributed by atoms with E-state index in [1.165, 1.54) is 0 Å². The number of carbonyl (C=O) groups excluding carboxylic acids is 2. The normalized spacial score (nSPS) is 9.89. The van der Waals surface area contributed by atoms with Crippen LogP contribution in [0.15, 0.2) is 46.9 Å². The van der Waals surface area contributed by atoms with Crippen LogP contribution in [-0.2, 0) is 4.79 Å². The van der Waals surface area contributed by atoms with Crippen LogP contribution in [0.2, 0.25) is 0 Å². The van der Waals surface area contributed by atoms with Gasteiger partial charge in [-0.2, -0.15) is 0 Å². The van der Waals surface area contributed by atoms with Gasteiger partial charge in [0.15, 0.2) is 11.7 Å². The number of hydrogen-bond acceptors (Lipinski definition) is 5. The standard InChI is InChI=1S/C17H15BrIN3O4S/c1-25-14-7-2-10(8-13(14)19)16(24)20-17(27)22-21-15(23)9-26-12-5-3-11(18)4-6-12/h2-8H,9H2,1H3,(H,21,23)(H2,20,22,24,27). The fourth-order valence-corrected chi connectivity index (χ4v) is 3.00. The van der Waals surface area contributed by atoms with Crippen molar-refractivity contribution in [3.05, 3.63) is 56.1 Å². The number of hydrazine groups is 1. The number of thiocarbonyl (C=S) groups is 1. The third-order valence-electron chi connectivity index (χ3n) is 3.14. The maximum atomic E-state index is 12.2. The first-order valence-electron chi connectivity index (χ1n) is 7.51. The second kappa shape index (κ2) is 10.4. The second-order valence-corrected chi connectivity index (χ2v) is 7.53. The number of amides is 2. The molecule has 27 heavy (non-hydrogen) atoms. The minimum atomic E-state index is -0.450. The smallest absolute Gasteiger partial charge is 0.276 e. The molecule has 0 aliphatic carbocycles. The van der Waals surface area contributed by atoms with Crippen molar-refractivity contribution in [2.75, 3.05) is 13.7 Å². The Morgan fingerprint density at radius 3 is 2.48 bits per heavy atom. The largest absolute Gasteiger partial charge is 0.496 e. The molecule has 0 fully saturated rings. The number of ether oxygens (including phenoxy) is 2. The summed E-state index contributed by atoms with van der Waals surface area (Å²) in [6, 6.07) is 12.0. The van der Waals surface area contributed by atoms with E-state index in [-0.39, 0.29) is 11.7 Å². The highest BCUT2D eigenvalue weighted by molar-refractivity contribution is 14.1. The topological polar surface area (TPSA) is 88.7 Å². The first-order chi connectivity index (χ1) is 12.9. The van der Waals surface area contributed by atoms with Gasteiger partial charge in [0, 0.05) is 10.0 Å². The van der Waals surface area contributed by atoms with Crippen LogP contribution in [0.25, 0.3) is 0 Å². The lowest BCUT2D eigenvalue weighted by atomic mass is 10.2. The van der Waals surface area contributed by atoms with Gasteiger partial charge in [0.2, 0.25) is 0 Å². The van der Waals surface area contributed by atoms with E-state index < -0.39 is 11.8 Å². The lowest BCUT2D eigenvalue weighted by Crippen LogP contribution is -2.49. The van der Waals surface area contributed by atoms with Gasteiger partial charge in [0.05, 0.1) is 10.7 Å². The highest BCUT2D eigenvalue weighted by Gasteiger charge is 2.11.